The summed E-state index contributed by atoms with van der Waals surface area (Å²) >= 11 is 0. The van der Waals surface area contributed by atoms with E-state index in [-0.39, 0.29) is 6.10 Å². The summed E-state index contributed by atoms with van der Waals surface area (Å²) in [5, 5.41) is 0.782. The fourth-order valence-electron chi connectivity index (χ4n) is 1.64. The molecule has 0 aliphatic carbocycles. The van der Waals surface area contributed by atoms with Gasteiger partial charge in [0.1, 0.15) is 24.0 Å². The summed E-state index contributed by atoms with van der Waals surface area (Å²) in [6, 6.07) is 5.31. The molecule has 1 aliphatic rings. The molecule has 0 radical (unpaired) electrons. The molecule has 0 N–H and O–H groups in total. The average molecular weight is 218 g/mol. The Hall–Kier alpha value is -1.81. The normalized spacial score (nSPS) is 18.6. The van der Waals surface area contributed by atoms with E-state index < -0.39 is 0 Å². The highest BCUT2D eigenvalue weighted by molar-refractivity contribution is 5.98. The van der Waals surface area contributed by atoms with Crippen molar-refractivity contribution in [1.29, 1.82) is 0 Å². The van der Waals surface area contributed by atoms with E-state index in [1.54, 1.807) is 24.5 Å². The predicted octanol–water partition coefficient (Wildman–Crippen LogP) is 2.02. The Morgan fingerprint density at radius 1 is 1.44 bits per heavy atom. The van der Waals surface area contributed by atoms with Gasteiger partial charge in [-0.15, -0.1) is 0 Å². The molecule has 0 bridgehead atoms. The Balaban J connectivity index is 1.97. The van der Waals surface area contributed by atoms with Crippen molar-refractivity contribution < 1.29 is 18.7 Å². The topological polar surface area (TPSA) is 52.0 Å². The van der Waals surface area contributed by atoms with Crippen LogP contribution in [0.1, 0.15) is 10.4 Å². The summed E-state index contributed by atoms with van der Waals surface area (Å²) in [5.41, 5.74) is 1.23. The van der Waals surface area contributed by atoms with Crippen LogP contribution < -0.4 is 4.74 Å². The molecule has 2 heterocycles. The number of aldehydes is 1. The van der Waals surface area contributed by atoms with E-state index in [4.69, 9.17) is 13.9 Å². The van der Waals surface area contributed by atoms with Crippen molar-refractivity contribution in [2.45, 2.75) is 6.10 Å². The molecule has 0 spiro atoms. The van der Waals surface area contributed by atoms with Gasteiger partial charge < -0.3 is 13.9 Å². The van der Waals surface area contributed by atoms with Crippen molar-refractivity contribution in [1.82, 2.24) is 0 Å². The molecule has 16 heavy (non-hydrogen) atoms. The van der Waals surface area contributed by atoms with Crippen LogP contribution in [0.25, 0.3) is 11.0 Å². The summed E-state index contributed by atoms with van der Waals surface area (Å²) in [6.07, 6.45) is 2.53. The monoisotopic (exact) mass is 218 g/mol. The lowest BCUT2D eigenvalue weighted by atomic mass is 10.1. The van der Waals surface area contributed by atoms with Gasteiger partial charge in [-0.3, -0.25) is 4.79 Å². The van der Waals surface area contributed by atoms with Crippen LogP contribution >= 0.6 is 0 Å². The van der Waals surface area contributed by atoms with Gasteiger partial charge in [-0.1, -0.05) is 0 Å². The van der Waals surface area contributed by atoms with Crippen molar-refractivity contribution in [2.24, 2.45) is 0 Å². The third-order valence-corrected chi connectivity index (χ3v) is 2.58. The first-order valence-electron chi connectivity index (χ1n) is 5.08. The Labute approximate surface area is 91.7 Å². The molecule has 0 saturated carbocycles. The molecular weight excluding hydrogens is 208 g/mol. The van der Waals surface area contributed by atoms with Gasteiger partial charge in [-0.05, 0) is 18.2 Å². The number of rotatable bonds is 4. The number of epoxide rings is 1. The first kappa shape index (κ1) is 9.42. The third-order valence-electron chi connectivity index (χ3n) is 2.58. The molecule has 0 unspecified atom stereocenters. The fourth-order valence-corrected chi connectivity index (χ4v) is 1.64. The summed E-state index contributed by atoms with van der Waals surface area (Å²) < 4.78 is 15.8. The molecule has 1 aliphatic heterocycles. The summed E-state index contributed by atoms with van der Waals surface area (Å²) in [6.45, 7) is 1.23. The van der Waals surface area contributed by atoms with Gasteiger partial charge in [0.05, 0.1) is 18.4 Å². The minimum absolute atomic E-state index is 0.180. The Morgan fingerprint density at radius 3 is 3.06 bits per heavy atom. The molecule has 4 heteroatoms. The summed E-state index contributed by atoms with van der Waals surface area (Å²) in [5.74, 6) is 0.583. The van der Waals surface area contributed by atoms with Crippen molar-refractivity contribution >= 4 is 17.3 Å². The number of furan rings is 1. The highest BCUT2D eigenvalue weighted by Gasteiger charge is 2.23. The Morgan fingerprint density at radius 2 is 2.31 bits per heavy atom. The van der Waals surface area contributed by atoms with Crippen molar-refractivity contribution in [3.8, 4) is 5.75 Å². The Kier molecular flexibility index (Phi) is 2.15. The van der Waals surface area contributed by atoms with Crippen molar-refractivity contribution in [3.05, 3.63) is 30.0 Å². The van der Waals surface area contributed by atoms with Crippen LogP contribution in [0.4, 0.5) is 0 Å². The predicted molar refractivity (Wildman–Crippen MR) is 56.8 cm³/mol. The van der Waals surface area contributed by atoms with E-state index in [0.29, 0.717) is 23.5 Å². The molecule has 1 aromatic carbocycles. The van der Waals surface area contributed by atoms with Crippen LogP contribution in [-0.2, 0) is 4.74 Å². The van der Waals surface area contributed by atoms with E-state index in [0.717, 1.165) is 18.3 Å². The number of benzene rings is 1. The molecule has 1 aromatic heterocycles. The lowest BCUT2D eigenvalue weighted by Crippen LogP contribution is -2.05. The van der Waals surface area contributed by atoms with Crippen LogP contribution in [0.5, 0.6) is 5.75 Å². The second-order valence-corrected chi connectivity index (χ2v) is 3.69. The third kappa shape index (κ3) is 1.57. The van der Waals surface area contributed by atoms with E-state index in [1.165, 1.54) is 0 Å². The summed E-state index contributed by atoms with van der Waals surface area (Å²) in [4.78, 5) is 11.0. The first-order chi connectivity index (χ1) is 7.88. The standard InChI is InChI=1S/C12H10O4/c13-5-10-9-3-4-14-11(9)1-2-12(10)16-7-8-6-15-8/h1-5,8H,6-7H2/t8-/m1/s1. The smallest absolute Gasteiger partial charge is 0.154 e. The molecule has 3 rings (SSSR count). The molecule has 0 amide bonds. The zero-order valence-electron chi connectivity index (χ0n) is 8.51. The van der Waals surface area contributed by atoms with Gasteiger partial charge in [0, 0.05) is 5.39 Å². The van der Waals surface area contributed by atoms with Crippen molar-refractivity contribution in [3.63, 3.8) is 0 Å². The van der Waals surface area contributed by atoms with Crippen LogP contribution in [0.2, 0.25) is 0 Å². The molecule has 82 valence electrons. The second kappa shape index (κ2) is 3.64. The number of ether oxygens (including phenoxy) is 2. The highest BCUT2D eigenvalue weighted by atomic mass is 16.6. The minimum Gasteiger partial charge on any atom is -0.490 e. The van der Waals surface area contributed by atoms with Crippen LogP contribution in [0.15, 0.2) is 28.9 Å². The van der Waals surface area contributed by atoms with Gasteiger partial charge in [0.25, 0.3) is 0 Å². The molecule has 1 saturated heterocycles. The molecular formula is C12H10O4. The number of carbonyl (C=O) groups excluding carboxylic acids is 1. The number of carbonyl (C=O) groups is 1. The van der Waals surface area contributed by atoms with Gasteiger partial charge in [0.15, 0.2) is 6.29 Å². The highest BCUT2D eigenvalue weighted by Crippen LogP contribution is 2.28. The molecule has 1 atom stereocenters. The van der Waals surface area contributed by atoms with Gasteiger partial charge in [-0.25, -0.2) is 0 Å². The fraction of sp³-hybridized carbons (Fsp3) is 0.250. The maximum Gasteiger partial charge on any atom is 0.154 e. The number of hydrogen-bond donors (Lipinski definition) is 0. The molecule has 4 nitrogen and oxygen atoms in total. The lowest BCUT2D eigenvalue weighted by Gasteiger charge is -2.06. The van der Waals surface area contributed by atoms with Gasteiger partial charge in [0.2, 0.25) is 0 Å². The number of hydrogen-bond acceptors (Lipinski definition) is 4. The van der Waals surface area contributed by atoms with Crippen LogP contribution in [0.3, 0.4) is 0 Å². The maximum absolute atomic E-state index is 11.0. The maximum atomic E-state index is 11.0. The van der Waals surface area contributed by atoms with Gasteiger partial charge >= 0.3 is 0 Å². The lowest BCUT2D eigenvalue weighted by molar-refractivity contribution is 0.112. The Bertz CT molecular complexity index is 525. The largest absolute Gasteiger partial charge is 0.490 e. The summed E-state index contributed by atoms with van der Waals surface area (Å²) in [7, 11) is 0. The van der Waals surface area contributed by atoms with E-state index in [1.807, 2.05) is 0 Å². The van der Waals surface area contributed by atoms with E-state index >= 15 is 0 Å². The zero-order valence-corrected chi connectivity index (χ0v) is 8.51. The van der Waals surface area contributed by atoms with E-state index in [9.17, 15) is 4.79 Å². The number of fused-ring (bicyclic) bond motifs is 1. The van der Waals surface area contributed by atoms with Crippen molar-refractivity contribution in [2.75, 3.05) is 13.2 Å². The quantitative estimate of drug-likeness (QED) is 0.582. The second-order valence-electron chi connectivity index (χ2n) is 3.69. The SMILES string of the molecule is O=Cc1c(OC[C@H]2CO2)ccc2occc12. The molecule has 1 fully saturated rings. The average Bonchev–Trinajstić information content (AvgIpc) is 3.01. The first-order valence-corrected chi connectivity index (χ1v) is 5.08. The van der Waals surface area contributed by atoms with Crippen LogP contribution in [-0.4, -0.2) is 25.6 Å². The van der Waals surface area contributed by atoms with Gasteiger partial charge in [-0.2, -0.15) is 0 Å². The zero-order chi connectivity index (χ0) is 11.0. The minimum atomic E-state index is 0.180. The molecule has 2 aromatic rings. The van der Waals surface area contributed by atoms with E-state index in [2.05, 4.69) is 0 Å². The van der Waals surface area contributed by atoms with Crippen LogP contribution in [0, 0.1) is 0 Å².